The predicted molar refractivity (Wildman–Crippen MR) is 209 cm³/mol. The Hall–Kier alpha value is -5.14. The Labute approximate surface area is 288 Å². The minimum Gasteiger partial charge on any atom is -0.309 e. The van der Waals surface area contributed by atoms with Gasteiger partial charge in [0.2, 0.25) is 0 Å². The van der Waals surface area contributed by atoms with Crippen LogP contribution in [0.2, 0.25) is 0 Å². The van der Waals surface area contributed by atoms with E-state index in [9.17, 15) is 0 Å². The smallest absolute Gasteiger partial charge is 0.0547 e. The third-order valence-electron chi connectivity index (χ3n) is 12.5. The summed E-state index contributed by atoms with van der Waals surface area (Å²) >= 11 is 0. The normalized spacial score (nSPS) is 21.6. The van der Waals surface area contributed by atoms with Crippen LogP contribution in [0.15, 0.2) is 140 Å². The summed E-state index contributed by atoms with van der Waals surface area (Å²) in [5.41, 5.74) is 12.4. The first-order valence-corrected chi connectivity index (χ1v) is 18.3. The molecule has 1 spiro atoms. The molecular weight excluding hydrogens is 591 g/mol. The summed E-state index contributed by atoms with van der Waals surface area (Å²) in [6, 6.07) is 52.9. The van der Waals surface area contributed by atoms with Gasteiger partial charge in [0.1, 0.15) is 0 Å². The molecule has 1 heteroatoms. The molecule has 0 N–H and O–H groups in total. The van der Waals surface area contributed by atoms with E-state index in [0.717, 1.165) is 5.92 Å². The Kier molecular flexibility index (Phi) is 6.28. The fraction of sp³-hybridized carbons (Fsp3) is 0.208. The fourth-order valence-corrected chi connectivity index (χ4v) is 10.5. The van der Waals surface area contributed by atoms with Crippen molar-refractivity contribution in [2.75, 3.05) is 0 Å². The molecule has 0 saturated heterocycles. The van der Waals surface area contributed by atoms with Crippen LogP contribution in [0.5, 0.6) is 0 Å². The van der Waals surface area contributed by atoms with Crippen molar-refractivity contribution in [3.8, 4) is 27.9 Å². The van der Waals surface area contributed by atoms with Crippen LogP contribution < -0.4 is 0 Å². The number of fused-ring (bicyclic) bond motifs is 11. The van der Waals surface area contributed by atoms with E-state index in [2.05, 4.69) is 165 Å². The molecule has 10 rings (SSSR count). The zero-order chi connectivity index (χ0) is 32.9. The molecule has 8 aromatic rings. The molecule has 0 aliphatic heterocycles. The van der Waals surface area contributed by atoms with E-state index in [1.165, 1.54) is 90.6 Å². The van der Waals surface area contributed by atoms with E-state index in [1.807, 2.05) is 0 Å². The Morgan fingerprint density at radius 3 is 2.14 bits per heavy atom. The summed E-state index contributed by atoms with van der Waals surface area (Å²) in [5.74, 6) is 1.99. The first-order valence-electron chi connectivity index (χ1n) is 18.3. The van der Waals surface area contributed by atoms with Gasteiger partial charge in [0.25, 0.3) is 0 Å². The number of aromatic nitrogens is 1. The fourth-order valence-electron chi connectivity index (χ4n) is 10.5. The second-order valence-electron chi connectivity index (χ2n) is 15.0. The zero-order valence-electron chi connectivity index (χ0n) is 28.6. The summed E-state index contributed by atoms with van der Waals surface area (Å²) < 4.78 is 2.47. The van der Waals surface area contributed by atoms with Gasteiger partial charge in [0, 0.05) is 21.9 Å². The number of hydrogen-bond acceptors (Lipinski definition) is 0. The molecule has 1 aromatic heterocycles. The second-order valence-corrected chi connectivity index (χ2v) is 15.0. The maximum Gasteiger partial charge on any atom is 0.0547 e. The molecule has 0 radical (unpaired) electrons. The van der Waals surface area contributed by atoms with E-state index in [4.69, 9.17) is 0 Å². The van der Waals surface area contributed by atoms with Crippen LogP contribution in [0.25, 0.3) is 71.3 Å². The van der Waals surface area contributed by atoms with Crippen molar-refractivity contribution in [3.05, 3.63) is 151 Å². The molecule has 4 unspecified atom stereocenters. The maximum atomic E-state index is 2.59. The molecule has 238 valence electrons. The molecule has 1 fully saturated rings. The van der Waals surface area contributed by atoms with Gasteiger partial charge in [-0.05, 0) is 122 Å². The first-order chi connectivity index (χ1) is 24.1. The van der Waals surface area contributed by atoms with E-state index in [1.54, 1.807) is 11.1 Å². The Morgan fingerprint density at radius 2 is 1.27 bits per heavy atom. The van der Waals surface area contributed by atoms with Crippen LogP contribution in [0.4, 0.5) is 0 Å². The lowest BCUT2D eigenvalue weighted by molar-refractivity contribution is 0.114. The third kappa shape index (κ3) is 3.99. The third-order valence-corrected chi connectivity index (χ3v) is 12.5. The Balaban J connectivity index is 1.22. The molecule has 1 nitrogen and oxygen atoms in total. The van der Waals surface area contributed by atoms with E-state index in [-0.39, 0.29) is 5.41 Å². The number of nitrogens with zero attached hydrogens (tertiary/aromatic N) is 1. The highest BCUT2D eigenvalue weighted by atomic mass is 15.0. The average molecular weight is 632 g/mol. The number of rotatable bonds is 3. The van der Waals surface area contributed by atoms with Crippen LogP contribution in [-0.4, -0.2) is 4.57 Å². The van der Waals surface area contributed by atoms with Crippen LogP contribution in [-0.2, 0) is 5.41 Å². The van der Waals surface area contributed by atoms with Gasteiger partial charge in [0.05, 0.1) is 11.0 Å². The van der Waals surface area contributed by atoms with Crippen molar-refractivity contribution in [2.24, 2.45) is 17.8 Å². The molecule has 1 heterocycles. The van der Waals surface area contributed by atoms with Gasteiger partial charge in [-0.2, -0.15) is 0 Å². The van der Waals surface area contributed by atoms with Gasteiger partial charge in [-0.1, -0.05) is 130 Å². The minimum absolute atomic E-state index is 0.0651. The van der Waals surface area contributed by atoms with Crippen molar-refractivity contribution < 1.29 is 0 Å². The summed E-state index contributed by atoms with van der Waals surface area (Å²) in [5, 5.41) is 7.75. The van der Waals surface area contributed by atoms with Gasteiger partial charge in [-0.25, -0.2) is 0 Å². The quantitative estimate of drug-likeness (QED) is 0.183. The first kappa shape index (κ1) is 28.8. The van der Waals surface area contributed by atoms with Gasteiger partial charge in [-0.15, -0.1) is 0 Å². The predicted octanol–water partition coefficient (Wildman–Crippen LogP) is 13.1. The molecule has 49 heavy (non-hydrogen) atoms. The summed E-state index contributed by atoms with van der Waals surface area (Å²) in [6.07, 6.45) is 3.79. The van der Waals surface area contributed by atoms with Gasteiger partial charge >= 0.3 is 0 Å². The van der Waals surface area contributed by atoms with E-state index in [0.29, 0.717) is 11.8 Å². The SMILES string of the molecule is CCC1CC(C)CC(C)C12c1ccccc1-c1ccc(-c3ccc4c(c3)c3c5ccccc5ccc3n4-c3ccc4ccccc4c3)cc12. The molecule has 1 saturated carbocycles. The molecule has 0 bridgehead atoms. The second kappa shape index (κ2) is 10.7. The summed E-state index contributed by atoms with van der Waals surface area (Å²) in [4.78, 5) is 0. The maximum absolute atomic E-state index is 2.59. The monoisotopic (exact) mass is 631 g/mol. The number of benzene rings is 7. The Morgan fingerprint density at radius 1 is 0.571 bits per heavy atom. The van der Waals surface area contributed by atoms with Crippen molar-refractivity contribution >= 4 is 43.4 Å². The standard InChI is InChI=1S/C48H41N/c1-4-37-26-30(2)25-31(3)48(37)43-16-10-9-15-40(43)41-22-18-36(29-44(41)48)35-20-23-45-42(28-35)47-39-14-8-7-12-33(39)19-24-46(47)49(45)38-21-17-32-11-5-6-13-34(32)27-38/h5-24,27-31,37H,4,25-26H2,1-3H3. The average Bonchev–Trinajstić information content (AvgIpc) is 3.63. The lowest BCUT2D eigenvalue weighted by atomic mass is 9.53. The van der Waals surface area contributed by atoms with Gasteiger partial charge < -0.3 is 4.57 Å². The topological polar surface area (TPSA) is 4.93 Å². The summed E-state index contributed by atoms with van der Waals surface area (Å²) in [7, 11) is 0. The highest BCUT2D eigenvalue weighted by Gasteiger charge is 2.53. The lowest BCUT2D eigenvalue weighted by Gasteiger charge is -2.50. The summed E-state index contributed by atoms with van der Waals surface area (Å²) in [6.45, 7) is 7.43. The van der Waals surface area contributed by atoms with E-state index < -0.39 is 0 Å². The molecule has 2 aliphatic carbocycles. The van der Waals surface area contributed by atoms with Crippen molar-refractivity contribution in [1.29, 1.82) is 0 Å². The number of hydrogen-bond donors (Lipinski definition) is 0. The highest BCUT2D eigenvalue weighted by molar-refractivity contribution is 6.22. The van der Waals surface area contributed by atoms with Crippen molar-refractivity contribution in [1.82, 2.24) is 4.57 Å². The zero-order valence-corrected chi connectivity index (χ0v) is 28.6. The molecule has 2 aliphatic rings. The van der Waals surface area contributed by atoms with Gasteiger partial charge in [0.15, 0.2) is 0 Å². The highest BCUT2D eigenvalue weighted by Crippen LogP contribution is 2.62. The van der Waals surface area contributed by atoms with Crippen LogP contribution in [0.3, 0.4) is 0 Å². The van der Waals surface area contributed by atoms with Crippen LogP contribution in [0.1, 0.15) is 51.2 Å². The van der Waals surface area contributed by atoms with Crippen molar-refractivity contribution in [2.45, 2.75) is 45.4 Å². The minimum atomic E-state index is 0.0651. The molecular formula is C48H41N. The largest absolute Gasteiger partial charge is 0.309 e. The van der Waals surface area contributed by atoms with Crippen molar-refractivity contribution in [3.63, 3.8) is 0 Å². The van der Waals surface area contributed by atoms with Crippen LogP contribution >= 0.6 is 0 Å². The molecule has 0 amide bonds. The lowest BCUT2D eigenvalue weighted by Crippen LogP contribution is -2.45. The van der Waals surface area contributed by atoms with E-state index >= 15 is 0 Å². The Bertz CT molecular complexity index is 2600. The molecule has 7 aromatic carbocycles. The molecule has 4 atom stereocenters. The van der Waals surface area contributed by atoms with Crippen LogP contribution in [0, 0.1) is 17.8 Å². The van der Waals surface area contributed by atoms with Gasteiger partial charge in [-0.3, -0.25) is 0 Å².